The van der Waals surface area contributed by atoms with E-state index in [4.69, 9.17) is 4.74 Å². The van der Waals surface area contributed by atoms with Gasteiger partial charge in [0.2, 0.25) is 0 Å². The van der Waals surface area contributed by atoms with Crippen LogP contribution in [-0.4, -0.2) is 36.3 Å². The van der Waals surface area contributed by atoms with Gasteiger partial charge in [0.1, 0.15) is 18.0 Å². The van der Waals surface area contributed by atoms with Crippen LogP contribution in [0, 0.1) is 5.92 Å². The van der Waals surface area contributed by atoms with Crippen LogP contribution in [0.5, 0.6) is 0 Å². The zero-order valence-electron chi connectivity index (χ0n) is 13.2. The molecule has 1 rings (SSSR count). The highest BCUT2D eigenvalue weighted by Crippen LogP contribution is 2.20. The highest BCUT2D eigenvalue weighted by molar-refractivity contribution is 5.57. The standard InChI is InChI=1S/C15H28N4O/c1-5-13-14(16-6-2)18-11-19-15(13)17-8-7-9-20-10-12(3)4/h11-12H,5-10H2,1-4H3,(H2,16,17,18,19). The third-order valence-electron chi connectivity index (χ3n) is 2.85. The van der Waals surface area contributed by atoms with Crippen LogP contribution in [-0.2, 0) is 11.2 Å². The summed E-state index contributed by atoms with van der Waals surface area (Å²) < 4.78 is 5.57. The lowest BCUT2D eigenvalue weighted by Crippen LogP contribution is -2.12. The van der Waals surface area contributed by atoms with E-state index in [-0.39, 0.29) is 0 Å². The molecule has 1 heterocycles. The minimum atomic E-state index is 0.596. The molecule has 1 aromatic heterocycles. The van der Waals surface area contributed by atoms with Crippen molar-refractivity contribution in [1.82, 2.24) is 9.97 Å². The Balaban J connectivity index is 2.41. The van der Waals surface area contributed by atoms with Gasteiger partial charge in [0.25, 0.3) is 0 Å². The summed E-state index contributed by atoms with van der Waals surface area (Å²) in [7, 11) is 0. The molecule has 5 nitrogen and oxygen atoms in total. The lowest BCUT2D eigenvalue weighted by atomic mass is 10.2. The Kier molecular flexibility index (Phi) is 7.95. The minimum Gasteiger partial charge on any atom is -0.381 e. The van der Waals surface area contributed by atoms with Gasteiger partial charge in [0.05, 0.1) is 0 Å². The zero-order chi connectivity index (χ0) is 14.8. The number of rotatable bonds is 10. The van der Waals surface area contributed by atoms with Crippen molar-refractivity contribution in [2.24, 2.45) is 5.92 Å². The second-order valence-electron chi connectivity index (χ2n) is 5.18. The zero-order valence-corrected chi connectivity index (χ0v) is 13.2. The first-order chi connectivity index (χ1) is 9.69. The second-order valence-corrected chi connectivity index (χ2v) is 5.18. The summed E-state index contributed by atoms with van der Waals surface area (Å²) in [6.45, 7) is 11.9. The summed E-state index contributed by atoms with van der Waals surface area (Å²) in [5, 5.41) is 6.65. The topological polar surface area (TPSA) is 59.1 Å². The summed E-state index contributed by atoms with van der Waals surface area (Å²) in [5.41, 5.74) is 1.15. The molecule has 0 aromatic carbocycles. The molecule has 0 bridgehead atoms. The minimum absolute atomic E-state index is 0.596. The predicted octanol–water partition coefficient (Wildman–Crippen LogP) is 2.95. The van der Waals surface area contributed by atoms with E-state index in [0.717, 1.165) is 56.3 Å². The van der Waals surface area contributed by atoms with Crippen LogP contribution in [0.15, 0.2) is 6.33 Å². The Morgan fingerprint density at radius 2 is 1.85 bits per heavy atom. The molecular formula is C15H28N4O. The van der Waals surface area contributed by atoms with Gasteiger partial charge in [-0.25, -0.2) is 9.97 Å². The van der Waals surface area contributed by atoms with Crippen LogP contribution in [0.2, 0.25) is 0 Å². The fourth-order valence-electron chi connectivity index (χ4n) is 1.92. The van der Waals surface area contributed by atoms with Crippen molar-refractivity contribution in [2.45, 2.75) is 40.5 Å². The summed E-state index contributed by atoms with van der Waals surface area (Å²) in [5.74, 6) is 2.46. The maximum atomic E-state index is 5.57. The summed E-state index contributed by atoms with van der Waals surface area (Å²) in [6, 6.07) is 0. The number of hydrogen-bond donors (Lipinski definition) is 2. The summed E-state index contributed by atoms with van der Waals surface area (Å²) in [4.78, 5) is 8.63. The highest BCUT2D eigenvalue weighted by atomic mass is 16.5. The first-order valence-corrected chi connectivity index (χ1v) is 7.58. The lowest BCUT2D eigenvalue weighted by molar-refractivity contribution is 0.110. The number of hydrogen-bond acceptors (Lipinski definition) is 5. The normalized spacial score (nSPS) is 10.8. The number of nitrogens with zero attached hydrogens (tertiary/aromatic N) is 2. The van der Waals surface area contributed by atoms with E-state index in [2.05, 4.69) is 48.3 Å². The summed E-state index contributed by atoms with van der Waals surface area (Å²) >= 11 is 0. The molecular weight excluding hydrogens is 252 g/mol. The molecule has 0 fully saturated rings. The van der Waals surface area contributed by atoms with E-state index >= 15 is 0 Å². The number of ether oxygens (including phenoxy) is 1. The molecule has 114 valence electrons. The van der Waals surface area contributed by atoms with Crippen LogP contribution in [0.25, 0.3) is 0 Å². The van der Waals surface area contributed by atoms with Gasteiger partial charge >= 0.3 is 0 Å². The van der Waals surface area contributed by atoms with Crippen LogP contribution >= 0.6 is 0 Å². The van der Waals surface area contributed by atoms with E-state index < -0.39 is 0 Å². The molecule has 0 aliphatic rings. The molecule has 0 saturated carbocycles. The Morgan fingerprint density at radius 1 is 1.15 bits per heavy atom. The number of aromatic nitrogens is 2. The predicted molar refractivity (Wildman–Crippen MR) is 84.3 cm³/mol. The first-order valence-electron chi connectivity index (χ1n) is 7.58. The van der Waals surface area contributed by atoms with Crippen molar-refractivity contribution in [2.75, 3.05) is 36.9 Å². The Bertz CT molecular complexity index is 382. The maximum absolute atomic E-state index is 5.57. The van der Waals surface area contributed by atoms with Gasteiger partial charge in [-0.15, -0.1) is 0 Å². The second kappa shape index (κ2) is 9.53. The van der Waals surface area contributed by atoms with Crippen molar-refractivity contribution in [3.63, 3.8) is 0 Å². The van der Waals surface area contributed by atoms with Crippen molar-refractivity contribution < 1.29 is 4.74 Å². The largest absolute Gasteiger partial charge is 0.381 e. The molecule has 0 saturated heterocycles. The third kappa shape index (κ3) is 5.74. The average Bonchev–Trinajstić information content (AvgIpc) is 2.43. The van der Waals surface area contributed by atoms with E-state index in [1.54, 1.807) is 6.33 Å². The SMILES string of the molecule is CCNc1ncnc(NCCCOCC(C)C)c1CC. The molecule has 0 spiro atoms. The van der Waals surface area contributed by atoms with Gasteiger partial charge < -0.3 is 15.4 Å². The Labute approximate surface area is 122 Å². The molecule has 0 aliphatic heterocycles. The summed E-state index contributed by atoms with van der Waals surface area (Å²) in [6.07, 6.45) is 3.50. The quantitative estimate of drug-likeness (QED) is 0.645. The number of nitrogens with one attached hydrogen (secondary N) is 2. The van der Waals surface area contributed by atoms with Crippen molar-refractivity contribution in [3.8, 4) is 0 Å². The van der Waals surface area contributed by atoms with E-state index in [9.17, 15) is 0 Å². The van der Waals surface area contributed by atoms with Crippen LogP contribution in [0.3, 0.4) is 0 Å². The molecule has 5 heteroatoms. The van der Waals surface area contributed by atoms with Crippen LogP contribution in [0.1, 0.15) is 39.7 Å². The molecule has 1 aromatic rings. The van der Waals surface area contributed by atoms with Crippen LogP contribution < -0.4 is 10.6 Å². The number of anilines is 2. The van der Waals surface area contributed by atoms with Gasteiger partial charge in [-0.2, -0.15) is 0 Å². The molecule has 0 radical (unpaired) electrons. The smallest absolute Gasteiger partial charge is 0.134 e. The van der Waals surface area contributed by atoms with Gasteiger partial charge in [-0.05, 0) is 25.7 Å². The molecule has 0 amide bonds. The first kappa shape index (κ1) is 16.7. The van der Waals surface area contributed by atoms with Gasteiger partial charge in [-0.3, -0.25) is 0 Å². The van der Waals surface area contributed by atoms with E-state index in [0.29, 0.717) is 5.92 Å². The molecule has 2 N–H and O–H groups in total. The molecule has 0 unspecified atom stereocenters. The van der Waals surface area contributed by atoms with Crippen molar-refractivity contribution >= 4 is 11.6 Å². The fraction of sp³-hybridized carbons (Fsp3) is 0.733. The maximum Gasteiger partial charge on any atom is 0.134 e. The average molecular weight is 280 g/mol. The van der Waals surface area contributed by atoms with E-state index in [1.807, 2.05) is 0 Å². The Morgan fingerprint density at radius 3 is 2.45 bits per heavy atom. The lowest BCUT2D eigenvalue weighted by Gasteiger charge is -2.14. The fourth-order valence-corrected chi connectivity index (χ4v) is 1.92. The molecule has 0 aliphatic carbocycles. The van der Waals surface area contributed by atoms with Crippen LogP contribution in [0.4, 0.5) is 11.6 Å². The molecule has 20 heavy (non-hydrogen) atoms. The Hall–Kier alpha value is -1.36. The molecule has 0 atom stereocenters. The van der Waals surface area contributed by atoms with Crippen molar-refractivity contribution in [3.05, 3.63) is 11.9 Å². The van der Waals surface area contributed by atoms with Crippen molar-refractivity contribution in [1.29, 1.82) is 0 Å². The van der Waals surface area contributed by atoms with E-state index in [1.165, 1.54) is 0 Å². The van der Waals surface area contributed by atoms with Gasteiger partial charge in [0, 0.05) is 31.9 Å². The monoisotopic (exact) mass is 280 g/mol. The van der Waals surface area contributed by atoms with Gasteiger partial charge in [0.15, 0.2) is 0 Å². The highest BCUT2D eigenvalue weighted by Gasteiger charge is 2.08. The third-order valence-corrected chi connectivity index (χ3v) is 2.85. The van der Waals surface area contributed by atoms with Gasteiger partial charge in [-0.1, -0.05) is 20.8 Å².